The molecule has 0 saturated carbocycles. The van der Waals surface area contributed by atoms with Gasteiger partial charge in [0, 0.05) is 6.04 Å². The molecule has 18 heavy (non-hydrogen) atoms. The van der Waals surface area contributed by atoms with E-state index in [0.29, 0.717) is 6.04 Å². The van der Waals surface area contributed by atoms with Crippen molar-refractivity contribution in [1.82, 2.24) is 10.2 Å². The number of aryl methyl sites for hydroxylation is 1. The summed E-state index contributed by atoms with van der Waals surface area (Å²) < 4.78 is 0. The summed E-state index contributed by atoms with van der Waals surface area (Å²) in [6.45, 7) is 9.17. The van der Waals surface area contributed by atoms with Gasteiger partial charge in [0.1, 0.15) is 0 Å². The summed E-state index contributed by atoms with van der Waals surface area (Å²) in [7, 11) is 0. The largest absolute Gasteiger partial charge is 0.310 e. The van der Waals surface area contributed by atoms with Gasteiger partial charge in [-0.05, 0) is 56.6 Å². The predicted octanol–water partition coefficient (Wildman–Crippen LogP) is 3.00. The first-order valence-electron chi connectivity index (χ1n) is 7.38. The first-order valence-corrected chi connectivity index (χ1v) is 7.38. The summed E-state index contributed by atoms with van der Waals surface area (Å²) in [6, 6.07) is 9.46. The van der Waals surface area contributed by atoms with E-state index in [0.717, 1.165) is 6.54 Å². The maximum absolute atomic E-state index is 3.71. The topological polar surface area (TPSA) is 15.3 Å². The lowest BCUT2D eigenvalue weighted by Crippen LogP contribution is -2.28. The van der Waals surface area contributed by atoms with E-state index in [1.54, 1.807) is 5.56 Å². The monoisotopic (exact) mass is 246 g/mol. The summed E-state index contributed by atoms with van der Waals surface area (Å²) in [5.41, 5.74) is 3.07. The highest BCUT2D eigenvalue weighted by atomic mass is 15.1. The van der Waals surface area contributed by atoms with Gasteiger partial charge in [0.05, 0.1) is 0 Å². The number of hydrogen-bond donors (Lipinski definition) is 1. The lowest BCUT2D eigenvalue weighted by molar-refractivity contribution is 0.295. The van der Waals surface area contributed by atoms with Crippen molar-refractivity contribution in [3.63, 3.8) is 0 Å². The van der Waals surface area contributed by atoms with Crippen LogP contribution in [0.25, 0.3) is 0 Å². The zero-order valence-electron chi connectivity index (χ0n) is 11.8. The Kier molecular flexibility index (Phi) is 5.21. The minimum atomic E-state index is 0.595. The summed E-state index contributed by atoms with van der Waals surface area (Å²) in [6.07, 6.45) is 3.76. The average Bonchev–Trinajstić information content (AvgIpc) is 2.82. The van der Waals surface area contributed by atoms with Gasteiger partial charge < -0.3 is 10.2 Å². The van der Waals surface area contributed by atoms with Crippen LogP contribution in [0.4, 0.5) is 0 Å². The first-order chi connectivity index (χ1) is 8.85. The maximum Gasteiger partial charge on any atom is 0.0326 e. The molecular formula is C16H26N2. The van der Waals surface area contributed by atoms with E-state index in [9.17, 15) is 0 Å². The molecule has 1 aromatic carbocycles. The Balaban J connectivity index is 1.72. The van der Waals surface area contributed by atoms with Crippen molar-refractivity contribution < 1.29 is 0 Å². The van der Waals surface area contributed by atoms with E-state index in [1.807, 2.05) is 0 Å². The quantitative estimate of drug-likeness (QED) is 0.744. The van der Waals surface area contributed by atoms with Crippen molar-refractivity contribution in [3.05, 3.63) is 35.4 Å². The fourth-order valence-corrected chi connectivity index (χ4v) is 2.89. The van der Waals surface area contributed by atoms with Gasteiger partial charge in [-0.2, -0.15) is 0 Å². The molecule has 1 unspecified atom stereocenters. The third kappa shape index (κ3) is 3.33. The second-order valence-electron chi connectivity index (χ2n) is 5.12. The Morgan fingerprint density at radius 2 is 2.00 bits per heavy atom. The van der Waals surface area contributed by atoms with Crippen LogP contribution < -0.4 is 5.32 Å². The molecule has 0 spiro atoms. The molecule has 0 bridgehead atoms. The highest BCUT2D eigenvalue weighted by Crippen LogP contribution is 2.30. The molecule has 0 amide bonds. The third-order valence-electron chi connectivity index (χ3n) is 4.07. The van der Waals surface area contributed by atoms with Crippen LogP contribution in [0.15, 0.2) is 24.3 Å². The summed E-state index contributed by atoms with van der Waals surface area (Å²) in [4.78, 5) is 2.49. The number of nitrogens with zero attached hydrogens (tertiary/aromatic N) is 1. The third-order valence-corrected chi connectivity index (χ3v) is 4.07. The normalized spacial score (nSPS) is 18.3. The molecule has 0 radical (unpaired) electrons. The van der Waals surface area contributed by atoms with Gasteiger partial charge in [-0.3, -0.25) is 0 Å². The van der Waals surface area contributed by atoms with Crippen LogP contribution in [0.3, 0.4) is 0 Å². The van der Waals surface area contributed by atoms with Crippen LogP contribution in [0.2, 0.25) is 0 Å². The minimum absolute atomic E-state index is 0.595. The van der Waals surface area contributed by atoms with E-state index < -0.39 is 0 Å². The molecule has 2 nitrogen and oxygen atoms in total. The fraction of sp³-hybridized carbons (Fsp3) is 0.625. The Hall–Kier alpha value is -0.860. The second kappa shape index (κ2) is 6.91. The molecule has 100 valence electrons. The van der Waals surface area contributed by atoms with Crippen LogP contribution in [0, 0.1) is 0 Å². The van der Waals surface area contributed by atoms with Crippen molar-refractivity contribution in [1.29, 1.82) is 0 Å². The highest BCUT2D eigenvalue weighted by Gasteiger charge is 2.20. The number of fused-ring (bicyclic) bond motifs is 1. The Morgan fingerprint density at radius 1 is 1.22 bits per heavy atom. The Bertz CT molecular complexity index is 358. The van der Waals surface area contributed by atoms with Crippen molar-refractivity contribution in [3.8, 4) is 0 Å². The van der Waals surface area contributed by atoms with Crippen LogP contribution in [-0.4, -0.2) is 31.1 Å². The van der Waals surface area contributed by atoms with E-state index in [1.165, 1.54) is 44.5 Å². The second-order valence-corrected chi connectivity index (χ2v) is 5.12. The lowest BCUT2D eigenvalue weighted by atomic mass is 10.1. The molecule has 1 aromatic rings. The molecule has 2 rings (SSSR count). The smallest absolute Gasteiger partial charge is 0.0326 e. The molecule has 1 aliphatic carbocycles. The molecule has 0 aliphatic heterocycles. The summed E-state index contributed by atoms with van der Waals surface area (Å²) in [5, 5.41) is 3.71. The predicted molar refractivity (Wildman–Crippen MR) is 77.9 cm³/mol. The van der Waals surface area contributed by atoms with Gasteiger partial charge in [-0.1, -0.05) is 38.1 Å². The average molecular weight is 246 g/mol. The number of nitrogens with one attached hydrogen (secondary N) is 1. The zero-order chi connectivity index (χ0) is 12.8. The fourth-order valence-electron chi connectivity index (χ4n) is 2.89. The molecule has 1 aliphatic rings. The van der Waals surface area contributed by atoms with Crippen molar-refractivity contribution in [2.24, 2.45) is 0 Å². The molecule has 1 atom stereocenters. The molecule has 1 N–H and O–H groups in total. The van der Waals surface area contributed by atoms with Gasteiger partial charge in [0.2, 0.25) is 0 Å². The molecule has 0 heterocycles. The number of benzene rings is 1. The van der Waals surface area contributed by atoms with E-state index in [4.69, 9.17) is 0 Å². The van der Waals surface area contributed by atoms with Gasteiger partial charge in [0.15, 0.2) is 0 Å². The maximum atomic E-state index is 3.71. The summed E-state index contributed by atoms with van der Waals surface area (Å²) in [5.74, 6) is 0. The van der Waals surface area contributed by atoms with Crippen LogP contribution in [0.5, 0.6) is 0 Å². The van der Waals surface area contributed by atoms with Gasteiger partial charge >= 0.3 is 0 Å². The Morgan fingerprint density at radius 3 is 2.78 bits per heavy atom. The van der Waals surface area contributed by atoms with Crippen molar-refractivity contribution in [2.45, 2.75) is 39.2 Å². The van der Waals surface area contributed by atoms with Gasteiger partial charge in [-0.15, -0.1) is 0 Å². The van der Waals surface area contributed by atoms with E-state index in [2.05, 4.69) is 48.3 Å². The van der Waals surface area contributed by atoms with E-state index >= 15 is 0 Å². The highest BCUT2D eigenvalue weighted by molar-refractivity contribution is 5.34. The van der Waals surface area contributed by atoms with Crippen LogP contribution >= 0.6 is 0 Å². The van der Waals surface area contributed by atoms with Gasteiger partial charge in [0.25, 0.3) is 0 Å². The van der Waals surface area contributed by atoms with E-state index in [-0.39, 0.29) is 0 Å². The first kappa shape index (κ1) is 13.6. The minimum Gasteiger partial charge on any atom is -0.310 e. The Labute approximate surface area is 111 Å². The molecule has 0 aromatic heterocycles. The molecule has 0 saturated heterocycles. The van der Waals surface area contributed by atoms with Crippen molar-refractivity contribution >= 4 is 0 Å². The zero-order valence-corrected chi connectivity index (χ0v) is 11.8. The molecule has 0 fully saturated rings. The standard InChI is InChI=1S/C16H26N2/c1-3-18(4-2)13-7-12-17-16-11-10-14-8-5-6-9-15(14)16/h5-6,8-9,16-17H,3-4,7,10-13H2,1-2H3. The van der Waals surface area contributed by atoms with Gasteiger partial charge in [-0.25, -0.2) is 0 Å². The number of rotatable bonds is 7. The van der Waals surface area contributed by atoms with Crippen LogP contribution in [-0.2, 0) is 6.42 Å². The summed E-state index contributed by atoms with van der Waals surface area (Å²) >= 11 is 0. The number of hydrogen-bond acceptors (Lipinski definition) is 2. The lowest BCUT2D eigenvalue weighted by Gasteiger charge is -2.19. The van der Waals surface area contributed by atoms with Crippen LogP contribution in [0.1, 0.15) is 43.9 Å². The molecular weight excluding hydrogens is 220 g/mol. The SMILES string of the molecule is CCN(CC)CCCNC1CCc2ccccc21. The molecule has 2 heteroatoms. The van der Waals surface area contributed by atoms with Crippen molar-refractivity contribution in [2.75, 3.05) is 26.2 Å².